The van der Waals surface area contributed by atoms with Crippen molar-refractivity contribution in [1.29, 1.82) is 0 Å². The van der Waals surface area contributed by atoms with E-state index in [9.17, 15) is 9.90 Å². The molecular formula is C24H27N3O4. The molecule has 0 unspecified atom stereocenters. The molecular weight excluding hydrogens is 394 g/mol. The topological polar surface area (TPSA) is 87.7 Å². The molecule has 2 fully saturated rings. The normalized spacial score (nSPS) is 26.0. The fourth-order valence-electron chi connectivity index (χ4n) is 5.07. The Morgan fingerprint density at radius 3 is 2.84 bits per heavy atom. The number of nitrogens with zero attached hydrogens (tertiary/aromatic N) is 2. The van der Waals surface area contributed by atoms with E-state index in [-0.39, 0.29) is 6.10 Å². The zero-order valence-electron chi connectivity index (χ0n) is 17.5. The highest BCUT2D eigenvalue weighted by atomic mass is 16.5. The molecule has 7 heteroatoms. The van der Waals surface area contributed by atoms with Crippen molar-refractivity contribution in [3.8, 4) is 5.75 Å². The standard InChI is InChI=1S/C24H27N3O4/c1-30-24(29)16-4-2-6-20(9-16)31-22-11-18-13-27(12-17(18)10-21(22)28)14-19-8-15-5-3-7-25-23(15)26-19/h2-9,17-18,21-22,28H,10-14H2,1H3,(H,25,26)/t17-,18+,21+,22+/m0/s1. The van der Waals surface area contributed by atoms with Crippen molar-refractivity contribution in [1.82, 2.24) is 14.9 Å². The summed E-state index contributed by atoms with van der Waals surface area (Å²) in [5, 5.41) is 11.9. The zero-order chi connectivity index (χ0) is 21.4. The molecule has 4 atom stereocenters. The third kappa shape index (κ3) is 4.16. The molecule has 3 aromatic rings. The number of carbonyl (C=O) groups excluding carboxylic acids is 1. The Morgan fingerprint density at radius 1 is 1.19 bits per heavy atom. The number of hydrogen-bond donors (Lipinski definition) is 2. The predicted molar refractivity (Wildman–Crippen MR) is 116 cm³/mol. The molecule has 7 nitrogen and oxygen atoms in total. The van der Waals surface area contributed by atoms with Crippen molar-refractivity contribution < 1.29 is 19.4 Å². The molecule has 2 aromatic heterocycles. The number of aliphatic hydroxyl groups is 1. The molecule has 1 saturated carbocycles. The van der Waals surface area contributed by atoms with E-state index >= 15 is 0 Å². The van der Waals surface area contributed by atoms with Crippen molar-refractivity contribution >= 4 is 17.0 Å². The summed E-state index contributed by atoms with van der Waals surface area (Å²) in [5.74, 6) is 1.15. The number of likely N-dealkylation sites (tertiary alicyclic amines) is 1. The van der Waals surface area contributed by atoms with Gasteiger partial charge in [0.25, 0.3) is 0 Å². The minimum Gasteiger partial charge on any atom is -0.488 e. The van der Waals surface area contributed by atoms with Crippen LogP contribution in [0.3, 0.4) is 0 Å². The van der Waals surface area contributed by atoms with Crippen LogP contribution in [0, 0.1) is 11.8 Å². The lowest BCUT2D eigenvalue weighted by atomic mass is 9.78. The summed E-state index contributed by atoms with van der Waals surface area (Å²) in [6.07, 6.45) is 2.55. The summed E-state index contributed by atoms with van der Waals surface area (Å²) >= 11 is 0. The first-order valence-corrected chi connectivity index (χ1v) is 10.8. The number of fused-ring (bicyclic) bond motifs is 2. The molecule has 162 valence electrons. The summed E-state index contributed by atoms with van der Waals surface area (Å²) in [5.41, 5.74) is 2.54. The Balaban J connectivity index is 1.23. The predicted octanol–water partition coefficient (Wildman–Crippen LogP) is 3.00. The Kier molecular flexibility index (Phi) is 5.38. The average molecular weight is 421 g/mol. The molecule has 2 aliphatic rings. The molecule has 1 aromatic carbocycles. The molecule has 0 amide bonds. The lowest BCUT2D eigenvalue weighted by Gasteiger charge is -2.35. The smallest absolute Gasteiger partial charge is 0.337 e. The van der Waals surface area contributed by atoms with E-state index in [4.69, 9.17) is 9.47 Å². The second-order valence-electron chi connectivity index (χ2n) is 8.66. The SMILES string of the molecule is COC(=O)c1cccc(O[C@@H]2C[C@@H]3CN(Cc4cc5cccnc5[nH]4)C[C@@H]3C[C@H]2O)c1. The second kappa shape index (κ2) is 8.32. The minimum atomic E-state index is -0.514. The van der Waals surface area contributed by atoms with Gasteiger partial charge in [0.05, 0.1) is 18.8 Å². The van der Waals surface area contributed by atoms with Crippen molar-refractivity contribution in [2.45, 2.75) is 31.6 Å². The maximum atomic E-state index is 11.8. The van der Waals surface area contributed by atoms with Gasteiger partial charge in [-0.2, -0.15) is 0 Å². The van der Waals surface area contributed by atoms with E-state index in [1.165, 1.54) is 12.8 Å². The Labute approximate surface area is 181 Å². The number of nitrogens with one attached hydrogen (secondary N) is 1. The molecule has 5 rings (SSSR count). The fourth-order valence-corrected chi connectivity index (χ4v) is 5.07. The van der Waals surface area contributed by atoms with Gasteiger partial charge in [-0.3, -0.25) is 4.90 Å². The Morgan fingerprint density at radius 2 is 2.03 bits per heavy atom. The highest BCUT2D eigenvalue weighted by molar-refractivity contribution is 5.89. The summed E-state index contributed by atoms with van der Waals surface area (Å²) in [6.45, 7) is 2.82. The molecule has 0 radical (unpaired) electrons. The van der Waals surface area contributed by atoms with Crippen LogP contribution in [-0.2, 0) is 11.3 Å². The first-order chi connectivity index (χ1) is 15.1. The van der Waals surface area contributed by atoms with Gasteiger partial charge in [-0.15, -0.1) is 0 Å². The number of aromatic nitrogens is 2. The van der Waals surface area contributed by atoms with Crippen LogP contribution in [-0.4, -0.2) is 58.4 Å². The maximum absolute atomic E-state index is 11.8. The highest BCUT2D eigenvalue weighted by Gasteiger charge is 2.42. The van der Waals surface area contributed by atoms with Gasteiger partial charge in [0.15, 0.2) is 0 Å². The number of benzene rings is 1. The van der Waals surface area contributed by atoms with Crippen molar-refractivity contribution in [3.63, 3.8) is 0 Å². The average Bonchev–Trinajstić information content (AvgIpc) is 3.36. The lowest BCUT2D eigenvalue weighted by Crippen LogP contribution is -2.42. The van der Waals surface area contributed by atoms with Crippen LogP contribution in [0.4, 0.5) is 0 Å². The maximum Gasteiger partial charge on any atom is 0.337 e. The number of H-pyrrole nitrogens is 1. The van der Waals surface area contributed by atoms with Gasteiger partial charge in [0, 0.05) is 36.9 Å². The van der Waals surface area contributed by atoms with Crippen LogP contribution in [0.25, 0.3) is 11.0 Å². The molecule has 0 bridgehead atoms. The number of aliphatic hydroxyl groups excluding tert-OH is 1. The van der Waals surface area contributed by atoms with E-state index in [1.54, 1.807) is 24.4 Å². The second-order valence-corrected chi connectivity index (χ2v) is 8.66. The van der Waals surface area contributed by atoms with E-state index in [1.807, 2.05) is 12.1 Å². The van der Waals surface area contributed by atoms with Gasteiger partial charge >= 0.3 is 5.97 Å². The van der Waals surface area contributed by atoms with Crippen molar-refractivity contribution in [2.75, 3.05) is 20.2 Å². The highest BCUT2D eigenvalue weighted by Crippen LogP contribution is 2.38. The van der Waals surface area contributed by atoms with E-state index in [0.717, 1.165) is 43.5 Å². The van der Waals surface area contributed by atoms with Gasteiger partial charge < -0.3 is 19.6 Å². The van der Waals surface area contributed by atoms with Crippen LogP contribution in [0.2, 0.25) is 0 Å². The first-order valence-electron chi connectivity index (χ1n) is 10.8. The summed E-state index contributed by atoms with van der Waals surface area (Å²) in [7, 11) is 1.36. The number of aromatic amines is 1. The van der Waals surface area contributed by atoms with Crippen molar-refractivity contribution in [2.24, 2.45) is 11.8 Å². The molecule has 31 heavy (non-hydrogen) atoms. The summed E-state index contributed by atoms with van der Waals surface area (Å²) in [6, 6.07) is 13.1. The van der Waals surface area contributed by atoms with E-state index in [2.05, 4.69) is 27.0 Å². The number of carbonyl (C=O) groups is 1. The number of esters is 1. The fraction of sp³-hybridized carbons (Fsp3) is 0.417. The lowest BCUT2D eigenvalue weighted by molar-refractivity contribution is -0.0231. The van der Waals surface area contributed by atoms with E-state index in [0.29, 0.717) is 23.1 Å². The molecule has 2 N–H and O–H groups in total. The quantitative estimate of drug-likeness (QED) is 0.616. The van der Waals surface area contributed by atoms with Crippen LogP contribution in [0.15, 0.2) is 48.7 Å². The number of ether oxygens (including phenoxy) is 2. The van der Waals surface area contributed by atoms with Gasteiger partial charge in [0.2, 0.25) is 0 Å². The number of hydrogen-bond acceptors (Lipinski definition) is 6. The van der Waals surface area contributed by atoms with E-state index < -0.39 is 12.1 Å². The third-order valence-corrected chi connectivity index (χ3v) is 6.54. The minimum absolute atomic E-state index is 0.272. The Hall–Kier alpha value is -2.90. The molecule has 1 aliphatic carbocycles. The summed E-state index contributed by atoms with van der Waals surface area (Å²) < 4.78 is 10.9. The van der Waals surface area contributed by atoms with Crippen molar-refractivity contribution in [3.05, 3.63) is 59.9 Å². The van der Waals surface area contributed by atoms with Crippen LogP contribution in [0.5, 0.6) is 5.75 Å². The zero-order valence-corrected chi connectivity index (χ0v) is 17.5. The van der Waals surface area contributed by atoms with Gasteiger partial charge in [-0.05, 0) is 61.1 Å². The number of methoxy groups -OCH3 is 1. The molecule has 0 spiro atoms. The van der Waals surface area contributed by atoms with Gasteiger partial charge in [-0.25, -0.2) is 9.78 Å². The largest absolute Gasteiger partial charge is 0.488 e. The molecule has 3 heterocycles. The number of pyridine rings is 1. The monoisotopic (exact) mass is 421 g/mol. The third-order valence-electron chi connectivity index (χ3n) is 6.54. The molecule has 1 aliphatic heterocycles. The van der Waals surface area contributed by atoms with Crippen LogP contribution >= 0.6 is 0 Å². The van der Waals surface area contributed by atoms with Crippen LogP contribution < -0.4 is 4.74 Å². The van der Waals surface area contributed by atoms with Gasteiger partial charge in [-0.1, -0.05) is 6.07 Å². The summed E-state index contributed by atoms with van der Waals surface area (Å²) in [4.78, 5) is 22.0. The van der Waals surface area contributed by atoms with Crippen LogP contribution in [0.1, 0.15) is 28.9 Å². The first kappa shape index (κ1) is 20.0. The molecule has 1 saturated heterocycles. The Bertz CT molecular complexity index is 1050. The van der Waals surface area contributed by atoms with Gasteiger partial charge in [0.1, 0.15) is 17.5 Å². The number of rotatable bonds is 5.